The second-order valence-corrected chi connectivity index (χ2v) is 5.72. The molecule has 1 aromatic heterocycles. The van der Waals surface area contributed by atoms with Crippen LogP contribution >= 0.6 is 0 Å². The molecule has 1 heterocycles. The van der Waals surface area contributed by atoms with Gasteiger partial charge in [0.1, 0.15) is 5.60 Å². The number of anilines is 1. The van der Waals surface area contributed by atoms with Crippen molar-refractivity contribution in [3.63, 3.8) is 0 Å². The van der Waals surface area contributed by atoms with Crippen molar-refractivity contribution in [2.75, 3.05) is 18.4 Å². The first-order valence-electron chi connectivity index (χ1n) is 7.12. The molecule has 0 fully saturated rings. The Hall–Kier alpha value is -2.57. The third-order valence-electron chi connectivity index (χ3n) is 2.68. The van der Waals surface area contributed by atoms with Crippen LogP contribution < -0.4 is 10.6 Å². The molecule has 22 heavy (non-hydrogen) atoms. The minimum atomic E-state index is -0.489. The van der Waals surface area contributed by atoms with Crippen LogP contribution in [0, 0.1) is 0 Å². The first-order valence-corrected chi connectivity index (χ1v) is 7.12. The summed E-state index contributed by atoms with van der Waals surface area (Å²) in [5, 5.41) is 13.8. The third-order valence-corrected chi connectivity index (χ3v) is 2.68. The number of para-hydroxylation sites is 2. The quantitative estimate of drug-likeness (QED) is 0.828. The molecule has 0 radical (unpaired) electrons. The topological polar surface area (TPSA) is 81.1 Å². The number of alkyl carbamates (subject to hydrolysis) is 1. The number of benzene rings is 1. The summed E-state index contributed by atoms with van der Waals surface area (Å²) in [7, 11) is 0. The highest BCUT2D eigenvalue weighted by Crippen LogP contribution is 2.18. The summed E-state index contributed by atoms with van der Waals surface area (Å²) in [4.78, 5) is 11.5. The highest BCUT2D eigenvalue weighted by atomic mass is 16.6. The van der Waals surface area contributed by atoms with Crippen LogP contribution in [-0.2, 0) is 4.74 Å². The van der Waals surface area contributed by atoms with Gasteiger partial charge in [-0.25, -0.2) is 9.48 Å². The second kappa shape index (κ2) is 6.93. The summed E-state index contributed by atoms with van der Waals surface area (Å²) in [5.41, 5.74) is 1.33. The summed E-state index contributed by atoms with van der Waals surface area (Å²) in [6.07, 6.45) is 2.99. The third kappa shape index (κ3) is 4.76. The zero-order chi connectivity index (χ0) is 16.0. The molecule has 2 rings (SSSR count). The average molecular weight is 303 g/mol. The molecule has 0 aliphatic carbocycles. The predicted octanol–water partition coefficient (Wildman–Crippen LogP) is 2.20. The number of rotatable bonds is 5. The van der Waals surface area contributed by atoms with Crippen LogP contribution in [0.2, 0.25) is 0 Å². The minimum absolute atomic E-state index is 0.418. The number of nitrogens with zero attached hydrogens (tertiary/aromatic N) is 3. The lowest BCUT2D eigenvalue weighted by molar-refractivity contribution is 0.0530. The van der Waals surface area contributed by atoms with Gasteiger partial charge in [-0.1, -0.05) is 17.3 Å². The highest BCUT2D eigenvalue weighted by Gasteiger charge is 2.15. The lowest BCUT2D eigenvalue weighted by Gasteiger charge is -2.19. The molecular formula is C15H21N5O2. The smallest absolute Gasteiger partial charge is 0.407 e. The molecular weight excluding hydrogens is 282 g/mol. The molecule has 0 aliphatic rings. The minimum Gasteiger partial charge on any atom is -0.444 e. The number of ether oxygens (including phenoxy) is 1. The fourth-order valence-corrected chi connectivity index (χ4v) is 1.84. The second-order valence-electron chi connectivity index (χ2n) is 5.72. The number of hydrogen-bond acceptors (Lipinski definition) is 5. The maximum absolute atomic E-state index is 11.5. The van der Waals surface area contributed by atoms with E-state index in [1.807, 2.05) is 45.0 Å². The van der Waals surface area contributed by atoms with Crippen molar-refractivity contribution in [3.05, 3.63) is 36.7 Å². The number of hydrogen-bond donors (Lipinski definition) is 2. The Morgan fingerprint density at radius 2 is 2.05 bits per heavy atom. The average Bonchev–Trinajstić information content (AvgIpc) is 2.96. The van der Waals surface area contributed by atoms with Gasteiger partial charge < -0.3 is 15.4 Å². The van der Waals surface area contributed by atoms with Crippen LogP contribution in [0.4, 0.5) is 10.5 Å². The number of aromatic nitrogens is 3. The fourth-order valence-electron chi connectivity index (χ4n) is 1.84. The molecule has 7 heteroatoms. The maximum atomic E-state index is 11.5. The zero-order valence-corrected chi connectivity index (χ0v) is 13.0. The molecule has 1 aromatic carbocycles. The van der Waals surface area contributed by atoms with Crippen LogP contribution in [0.3, 0.4) is 0 Å². The van der Waals surface area contributed by atoms with Gasteiger partial charge in [0.05, 0.1) is 23.8 Å². The first kappa shape index (κ1) is 15.8. The van der Waals surface area contributed by atoms with Crippen LogP contribution in [0.5, 0.6) is 0 Å². The van der Waals surface area contributed by atoms with Gasteiger partial charge in [0.2, 0.25) is 0 Å². The van der Waals surface area contributed by atoms with Gasteiger partial charge >= 0.3 is 6.09 Å². The largest absolute Gasteiger partial charge is 0.444 e. The van der Waals surface area contributed by atoms with Crippen molar-refractivity contribution in [2.45, 2.75) is 26.4 Å². The fraction of sp³-hybridized carbons (Fsp3) is 0.400. The molecule has 1 amide bonds. The number of nitrogens with one attached hydrogen (secondary N) is 2. The summed E-state index contributed by atoms with van der Waals surface area (Å²) in [5.74, 6) is 0. The van der Waals surface area contributed by atoms with Crippen LogP contribution in [0.15, 0.2) is 36.7 Å². The van der Waals surface area contributed by atoms with E-state index in [1.165, 1.54) is 0 Å². The van der Waals surface area contributed by atoms with Crippen molar-refractivity contribution in [2.24, 2.45) is 0 Å². The Kier molecular flexibility index (Phi) is 4.98. The molecule has 0 atom stereocenters. The Morgan fingerprint density at radius 1 is 1.27 bits per heavy atom. The highest BCUT2D eigenvalue weighted by molar-refractivity contribution is 5.67. The van der Waals surface area contributed by atoms with E-state index in [0.717, 1.165) is 11.4 Å². The summed E-state index contributed by atoms with van der Waals surface area (Å²) < 4.78 is 6.86. The lowest BCUT2D eigenvalue weighted by atomic mass is 10.2. The Labute approximate surface area is 129 Å². The van der Waals surface area contributed by atoms with Gasteiger partial charge in [-0.05, 0) is 32.9 Å². The van der Waals surface area contributed by atoms with E-state index in [2.05, 4.69) is 20.9 Å². The molecule has 7 nitrogen and oxygen atoms in total. The Bertz CT molecular complexity index is 605. The van der Waals surface area contributed by atoms with E-state index >= 15 is 0 Å². The lowest BCUT2D eigenvalue weighted by Crippen LogP contribution is -2.35. The maximum Gasteiger partial charge on any atom is 0.407 e. The van der Waals surface area contributed by atoms with E-state index in [-0.39, 0.29) is 0 Å². The van der Waals surface area contributed by atoms with Crippen molar-refractivity contribution >= 4 is 11.8 Å². The van der Waals surface area contributed by atoms with Gasteiger partial charge in [-0.3, -0.25) is 0 Å². The summed E-state index contributed by atoms with van der Waals surface area (Å²) in [6, 6.07) is 7.76. The van der Waals surface area contributed by atoms with Crippen molar-refractivity contribution in [3.8, 4) is 5.69 Å². The Morgan fingerprint density at radius 3 is 2.73 bits per heavy atom. The monoisotopic (exact) mass is 303 g/mol. The van der Waals surface area contributed by atoms with E-state index in [1.54, 1.807) is 17.1 Å². The normalized spacial score (nSPS) is 11.0. The Balaban J connectivity index is 1.84. The molecule has 0 saturated heterocycles. The molecule has 118 valence electrons. The van der Waals surface area contributed by atoms with Crippen molar-refractivity contribution in [1.29, 1.82) is 0 Å². The zero-order valence-electron chi connectivity index (χ0n) is 13.0. The predicted molar refractivity (Wildman–Crippen MR) is 84.1 cm³/mol. The number of carbonyl (C=O) groups is 1. The van der Waals surface area contributed by atoms with E-state index in [4.69, 9.17) is 4.74 Å². The van der Waals surface area contributed by atoms with Gasteiger partial charge in [-0.15, -0.1) is 5.10 Å². The van der Waals surface area contributed by atoms with Crippen LogP contribution in [0.1, 0.15) is 20.8 Å². The molecule has 0 unspecified atom stereocenters. The van der Waals surface area contributed by atoms with Crippen molar-refractivity contribution < 1.29 is 9.53 Å². The molecule has 2 aromatic rings. The first-order chi connectivity index (χ1) is 10.5. The van der Waals surface area contributed by atoms with Gasteiger partial charge in [0.25, 0.3) is 0 Å². The van der Waals surface area contributed by atoms with Crippen molar-refractivity contribution in [1.82, 2.24) is 20.3 Å². The van der Waals surface area contributed by atoms with E-state index in [0.29, 0.717) is 13.1 Å². The van der Waals surface area contributed by atoms with Gasteiger partial charge in [0, 0.05) is 13.1 Å². The number of carbonyl (C=O) groups excluding carboxylic acids is 1. The van der Waals surface area contributed by atoms with Crippen LogP contribution in [-0.4, -0.2) is 39.8 Å². The molecule has 2 N–H and O–H groups in total. The molecule has 0 spiro atoms. The number of amides is 1. The van der Waals surface area contributed by atoms with Crippen LogP contribution in [0.25, 0.3) is 5.69 Å². The van der Waals surface area contributed by atoms with E-state index in [9.17, 15) is 4.79 Å². The molecule has 0 aliphatic heterocycles. The summed E-state index contributed by atoms with van der Waals surface area (Å²) >= 11 is 0. The van der Waals surface area contributed by atoms with Gasteiger partial charge in [0.15, 0.2) is 0 Å². The molecule has 0 saturated carbocycles. The molecule has 0 bridgehead atoms. The van der Waals surface area contributed by atoms with Gasteiger partial charge in [-0.2, -0.15) is 0 Å². The standard InChI is InChI=1S/C15H21N5O2/c1-15(2,3)22-14(21)17-9-8-16-12-6-4-5-7-13(12)20-11-10-18-19-20/h4-7,10-11,16H,8-9H2,1-3H3,(H,17,21). The SMILES string of the molecule is CC(C)(C)OC(=O)NCCNc1ccccc1-n1ccnn1. The summed E-state index contributed by atoms with van der Waals surface area (Å²) in [6.45, 7) is 6.53. The van der Waals surface area contributed by atoms with E-state index < -0.39 is 11.7 Å².